The molecule has 0 spiro atoms. The molecule has 1 aliphatic carbocycles. The summed E-state index contributed by atoms with van der Waals surface area (Å²) in [4.78, 5) is 17.6. The van der Waals surface area contributed by atoms with Crippen LogP contribution in [0.2, 0.25) is 0 Å². The maximum Gasteiger partial charge on any atom is 0.282 e. The van der Waals surface area contributed by atoms with Crippen molar-refractivity contribution < 1.29 is 23.1 Å². The molecule has 42 heavy (non-hydrogen) atoms. The van der Waals surface area contributed by atoms with Gasteiger partial charge in [-0.1, -0.05) is 0 Å². The van der Waals surface area contributed by atoms with Gasteiger partial charge in [0.1, 0.15) is 17.9 Å². The van der Waals surface area contributed by atoms with E-state index in [2.05, 4.69) is 31.9 Å². The number of carbonyl (C=O) groups excluding carboxylic acids is 1. The Hall–Kier alpha value is -4.44. The van der Waals surface area contributed by atoms with E-state index in [1.54, 1.807) is 27.5 Å². The zero-order chi connectivity index (χ0) is 30.0. The highest BCUT2D eigenvalue weighted by atomic mass is 19.3. The Kier molecular flexibility index (Phi) is 8.17. The first-order valence-electron chi connectivity index (χ1n) is 13.7. The zero-order valence-corrected chi connectivity index (χ0v) is 23.1. The molecule has 3 N–H and O–H groups in total. The molecule has 1 saturated carbocycles. The van der Waals surface area contributed by atoms with E-state index in [0.29, 0.717) is 53.8 Å². The van der Waals surface area contributed by atoms with Gasteiger partial charge in [-0.2, -0.15) is 15.5 Å². The predicted octanol–water partition coefficient (Wildman–Crippen LogP) is 4.84. The smallest absolute Gasteiger partial charge is 0.282 e. The van der Waals surface area contributed by atoms with Gasteiger partial charge in [-0.3, -0.25) is 14.5 Å². The fourth-order valence-electron chi connectivity index (χ4n) is 5.05. The Labute approximate surface area is 240 Å². The van der Waals surface area contributed by atoms with Crippen molar-refractivity contribution in [3.63, 3.8) is 0 Å². The average Bonchev–Trinajstić information content (AvgIpc) is 3.63. The van der Waals surface area contributed by atoms with Gasteiger partial charge in [-0.15, -0.1) is 0 Å². The number of aliphatic hydroxyl groups is 1. The topological polar surface area (TPSA) is 133 Å². The highest BCUT2D eigenvalue weighted by molar-refractivity contribution is 6.00. The Balaban J connectivity index is 1.38. The van der Waals surface area contributed by atoms with Gasteiger partial charge >= 0.3 is 0 Å². The standard InChI is InChI=1S/C29H31F3N8O2/c1-29(2,42)26(30)16-35-28(41)21-15-34-24(25-8-7-20-11-17(13-33)14-36-40(20)25)12-23(21)37-18-3-5-19(6-4-18)39-10-9-22(38-39)27(31)32/h7-12,14-15,18-19,26-27,42H,3-6,16H2,1-2H3,(H,34,37)(H,35,41)/t18?,19?,26-/m1/s1. The van der Waals surface area contributed by atoms with Crippen molar-refractivity contribution in [2.75, 3.05) is 11.9 Å². The van der Waals surface area contributed by atoms with Crippen LogP contribution in [0.15, 0.2) is 48.9 Å². The lowest BCUT2D eigenvalue weighted by atomic mass is 9.91. The van der Waals surface area contributed by atoms with Crippen LogP contribution >= 0.6 is 0 Å². The predicted molar refractivity (Wildman–Crippen MR) is 149 cm³/mol. The summed E-state index contributed by atoms with van der Waals surface area (Å²) in [5.41, 5.74) is 1.13. The summed E-state index contributed by atoms with van der Waals surface area (Å²) < 4.78 is 43.6. The fourth-order valence-corrected chi connectivity index (χ4v) is 5.05. The van der Waals surface area contributed by atoms with Crippen LogP contribution < -0.4 is 10.6 Å². The second-order valence-electron chi connectivity index (χ2n) is 11.0. The van der Waals surface area contributed by atoms with Gasteiger partial charge in [-0.05, 0) is 69.9 Å². The molecule has 0 aliphatic heterocycles. The van der Waals surface area contributed by atoms with E-state index in [1.165, 1.54) is 32.3 Å². The zero-order valence-electron chi connectivity index (χ0n) is 23.1. The molecule has 1 atom stereocenters. The SMILES string of the molecule is CC(C)(O)[C@H](F)CNC(=O)c1cnc(-c2ccc3cc(C#N)cnn23)cc1NC1CCC(n2ccc(C(F)F)n2)CC1. The first-order chi connectivity index (χ1) is 20.0. The van der Waals surface area contributed by atoms with E-state index in [-0.39, 0.29) is 29.9 Å². The highest BCUT2D eigenvalue weighted by Crippen LogP contribution is 2.33. The molecule has 0 radical (unpaired) electrons. The molecule has 13 heteroatoms. The average molecular weight is 581 g/mol. The Bertz CT molecular complexity index is 1610. The highest BCUT2D eigenvalue weighted by Gasteiger charge is 2.28. The van der Waals surface area contributed by atoms with Gasteiger partial charge in [0.05, 0.1) is 58.1 Å². The van der Waals surface area contributed by atoms with Gasteiger partial charge in [0.2, 0.25) is 0 Å². The van der Waals surface area contributed by atoms with Crippen molar-refractivity contribution in [2.24, 2.45) is 0 Å². The minimum Gasteiger partial charge on any atom is -0.387 e. The van der Waals surface area contributed by atoms with Crippen LogP contribution in [-0.4, -0.2) is 59.8 Å². The van der Waals surface area contributed by atoms with Gasteiger partial charge in [0.15, 0.2) is 0 Å². The van der Waals surface area contributed by atoms with Crippen LogP contribution in [0.5, 0.6) is 0 Å². The summed E-state index contributed by atoms with van der Waals surface area (Å²) in [5.74, 6) is -0.551. The molecule has 10 nitrogen and oxygen atoms in total. The third-order valence-electron chi connectivity index (χ3n) is 7.53. The van der Waals surface area contributed by atoms with E-state index < -0.39 is 24.1 Å². The summed E-state index contributed by atoms with van der Waals surface area (Å²) in [6.07, 6.45) is 2.95. The number of halogens is 3. The third-order valence-corrected chi connectivity index (χ3v) is 7.53. The van der Waals surface area contributed by atoms with Crippen LogP contribution in [0.1, 0.15) is 73.6 Å². The van der Waals surface area contributed by atoms with Crippen LogP contribution in [0.25, 0.3) is 16.9 Å². The fraction of sp³-hybridized carbons (Fsp3) is 0.414. The largest absolute Gasteiger partial charge is 0.387 e. The molecule has 0 saturated heterocycles. The number of nitriles is 1. The van der Waals surface area contributed by atoms with Crippen molar-refractivity contribution in [1.29, 1.82) is 5.26 Å². The number of anilines is 1. The molecule has 0 bridgehead atoms. The quantitative estimate of drug-likeness (QED) is 0.258. The van der Waals surface area contributed by atoms with Crippen molar-refractivity contribution in [2.45, 2.75) is 69.8 Å². The molecule has 0 aromatic carbocycles. The molecular formula is C29H31F3N8O2. The molecule has 1 fully saturated rings. The number of pyridine rings is 1. The van der Waals surface area contributed by atoms with Crippen molar-refractivity contribution in [1.82, 2.24) is 29.7 Å². The van der Waals surface area contributed by atoms with Crippen molar-refractivity contribution in [3.8, 4) is 17.5 Å². The normalized spacial score (nSPS) is 18.1. The summed E-state index contributed by atoms with van der Waals surface area (Å²) in [6, 6.07) is 10.4. The number of rotatable bonds is 9. The van der Waals surface area contributed by atoms with Gasteiger partial charge in [-0.25, -0.2) is 17.7 Å². The van der Waals surface area contributed by atoms with Gasteiger partial charge < -0.3 is 15.7 Å². The van der Waals surface area contributed by atoms with Crippen LogP contribution in [0.4, 0.5) is 18.9 Å². The van der Waals surface area contributed by atoms with E-state index in [4.69, 9.17) is 0 Å². The Morgan fingerprint density at radius 3 is 2.60 bits per heavy atom. The monoisotopic (exact) mass is 580 g/mol. The van der Waals surface area contributed by atoms with Crippen LogP contribution in [0, 0.1) is 11.3 Å². The minimum absolute atomic E-state index is 0.00824. The molecule has 4 heterocycles. The number of hydrogen-bond acceptors (Lipinski definition) is 7. The molecule has 4 aromatic rings. The number of fused-ring (bicyclic) bond motifs is 1. The van der Waals surface area contributed by atoms with Crippen molar-refractivity contribution in [3.05, 3.63) is 65.7 Å². The lowest BCUT2D eigenvalue weighted by Gasteiger charge is -2.30. The minimum atomic E-state index is -2.62. The molecule has 1 amide bonds. The van der Waals surface area contributed by atoms with Crippen LogP contribution in [-0.2, 0) is 0 Å². The van der Waals surface area contributed by atoms with E-state index >= 15 is 0 Å². The molecule has 4 aromatic heterocycles. The summed E-state index contributed by atoms with van der Waals surface area (Å²) in [7, 11) is 0. The molecular weight excluding hydrogens is 549 g/mol. The number of carbonyl (C=O) groups is 1. The van der Waals surface area contributed by atoms with Crippen LogP contribution in [0.3, 0.4) is 0 Å². The van der Waals surface area contributed by atoms with Gasteiger partial charge in [0, 0.05) is 18.4 Å². The van der Waals surface area contributed by atoms with E-state index in [0.717, 1.165) is 0 Å². The molecule has 220 valence electrons. The molecule has 5 rings (SSSR count). The number of hydrogen-bond donors (Lipinski definition) is 3. The maximum absolute atomic E-state index is 14.4. The maximum atomic E-state index is 14.4. The van der Waals surface area contributed by atoms with Crippen molar-refractivity contribution >= 4 is 17.1 Å². The Morgan fingerprint density at radius 2 is 1.93 bits per heavy atom. The molecule has 0 unspecified atom stereocenters. The lowest BCUT2D eigenvalue weighted by Crippen LogP contribution is -2.42. The summed E-state index contributed by atoms with van der Waals surface area (Å²) >= 11 is 0. The summed E-state index contributed by atoms with van der Waals surface area (Å²) in [6.45, 7) is 2.28. The lowest BCUT2D eigenvalue weighted by molar-refractivity contribution is -0.00177. The third kappa shape index (κ3) is 6.23. The second kappa shape index (κ2) is 11.8. The number of aromatic nitrogens is 5. The Morgan fingerprint density at radius 1 is 1.17 bits per heavy atom. The van der Waals surface area contributed by atoms with Gasteiger partial charge in [0.25, 0.3) is 12.3 Å². The second-order valence-corrected chi connectivity index (χ2v) is 11.0. The molecule has 1 aliphatic rings. The van der Waals surface area contributed by atoms with E-state index in [1.807, 2.05) is 12.1 Å². The first kappa shape index (κ1) is 29.1. The summed E-state index contributed by atoms with van der Waals surface area (Å²) in [5, 5.41) is 33.5. The number of nitrogens with zero attached hydrogens (tertiary/aromatic N) is 6. The first-order valence-corrected chi connectivity index (χ1v) is 13.7. The number of alkyl halides is 3. The number of nitrogens with one attached hydrogen (secondary N) is 2. The number of amides is 1. The van der Waals surface area contributed by atoms with E-state index in [9.17, 15) is 28.3 Å².